The van der Waals surface area contributed by atoms with Gasteiger partial charge in [-0.2, -0.15) is 5.10 Å². The number of hydrogen-bond donors (Lipinski definition) is 0. The van der Waals surface area contributed by atoms with Crippen LogP contribution in [0.2, 0.25) is 0 Å². The molecule has 0 amide bonds. The fourth-order valence-corrected chi connectivity index (χ4v) is 3.25. The Hall–Kier alpha value is -2.48. The molecule has 4 heterocycles. The lowest BCUT2D eigenvalue weighted by Crippen LogP contribution is -2.37. The summed E-state index contributed by atoms with van der Waals surface area (Å²) in [6.07, 6.45) is 7.95. The first-order valence-corrected chi connectivity index (χ1v) is 8.53. The fourth-order valence-electron chi connectivity index (χ4n) is 3.25. The number of fused-ring (bicyclic) bond motifs is 1. The van der Waals surface area contributed by atoms with Crippen molar-refractivity contribution in [2.45, 2.75) is 19.9 Å². The second kappa shape index (κ2) is 6.79. The van der Waals surface area contributed by atoms with Crippen molar-refractivity contribution < 1.29 is 9.13 Å². The smallest absolute Gasteiger partial charge is 0.181 e. The van der Waals surface area contributed by atoms with Gasteiger partial charge in [0.2, 0.25) is 0 Å². The Labute approximate surface area is 145 Å². The minimum absolute atomic E-state index is 0.335. The molecule has 0 atom stereocenters. The molecule has 1 aliphatic rings. The minimum Gasteiger partial charge on any atom is -0.378 e. The van der Waals surface area contributed by atoms with Crippen molar-refractivity contribution in [3.05, 3.63) is 30.5 Å². The van der Waals surface area contributed by atoms with Gasteiger partial charge >= 0.3 is 0 Å². The lowest BCUT2D eigenvalue weighted by atomic mass is 10.2. The Morgan fingerprint density at radius 3 is 2.92 bits per heavy atom. The molecule has 1 aliphatic heterocycles. The maximum atomic E-state index is 12.4. The maximum Gasteiger partial charge on any atom is 0.181 e. The SMILES string of the molecule is Cc1nc2c(N3CCOCC3)nccn2c1-c1cnn(CCCF)c1. The average molecular weight is 344 g/mol. The number of aryl methyl sites for hydroxylation is 2. The summed E-state index contributed by atoms with van der Waals surface area (Å²) >= 11 is 0. The van der Waals surface area contributed by atoms with Gasteiger partial charge < -0.3 is 9.64 Å². The van der Waals surface area contributed by atoms with Crippen LogP contribution >= 0.6 is 0 Å². The van der Waals surface area contributed by atoms with E-state index in [-0.39, 0.29) is 6.67 Å². The van der Waals surface area contributed by atoms with E-state index in [9.17, 15) is 4.39 Å². The van der Waals surface area contributed by atoms with Crippen LogP contribution in [0.3, 0.4) is 0 Å². The van der Waals surface area contributed by atoms with E-state index in [1.807, 2.05) is 25.5 Å². The van der Waals surface area contributed by atoms with Crippen molar-refractivity contribution in [1.82, 2.24) is 24.1 Å². The molecule has 0 radical (unpaired) electrons. The topological polar surface area (TPSA) is 60.5 Å². The highest BCUT2D eigenvalue weighted by Gasteiger charge is 2.20. The number of ether oxygens (including phenoxy) is 1. The van der Waals surface area contributed by atoms with Gasteiger partial charge in [0.25, 0.3) is 0 Å². The summed E-state index contributed by atoms with van der Waals surface area (Å²) in [4.78, 5) is 11.5. The number of rotatable bonds is 5. The molecule has 25 heavy (non-hydrogen) atoms. The summed E-state index contributed by atoms with van der Waals surface area (Å²) in [5, 5.41) is 4.34. The van der Waals surface area contributed by atoms with E-state index in [1.54, 1.807) is 10.9 Å². The number of morpholine rings is 1. The summed E-state index contributed by atoms with van der Waals surface area (Å²) in [6, 6.07) is 0. The van der Waals surface area contributed by atoms with E-state index in [1.165, 1.54) is 0 Å². The molecule has 3 aromatic rings. The number of alkyl halides is 1. The van der Waals surface area contributed by atoms with Crippen LogP contribution in [-0.4, -0.2) is 57.1 Å². The van der Waals surface area contributed by atoms with Crippen molar-refractivity contribution in [2.75, 3.05) is 37.9 Å². The van der Waals surface area contributed by atoms with Crippen molar-refractivity contribution in [1.29, 1.82) is 0 Å². The molecular formula is C17H21FN6O. The summed E-state index contributed by atoms with van der Waals surface area (Å²) in [5.74, 6) is 0.880. The first kappa shape index (κ1) is 16.0. The van der Waals surface area contributed by atoms with E-state index in [0.717, 1.165) is 41.5 Å². The van der Waals surface area contributed by atoms with Gasteiger partial charge in [0.15, 0.2) is 11.5 Å². The Morgan fingerprint density at radius 1 is 1.28 bits per heavy atom. The van der Waals surface area contributed by atoms with E-state index in [2.05, 4.69) is 19.4 Å². The van der Waals surface area contributed by atoms with Gasteiger partial charge in [-0.1, -0.05) is 0 Å². The van der Waals surface area contributed by atoms with E-state index >= 15 is 0 Å². The second-order valence-electron chi connectivity index (χ2n) is 6.12. The van der Waals surface area contributed by atoms with Crippen molar-refractivity contribution in [3.8, 4) is 11.3 Å². The summed E-state index contributed by atoms with van der Waals surface area (Å²) in [5.41, 5.74) is 3.74. The van der Waals surface area contributed by atoms with Gasteiger partial charge in [0, 0.05) is 43.8 Å². The van der Waals surface area contributed by atoms with E-state index in [0.29, 0.717) is 26.2 Å². The average Bonchev–Trinajstić information content (AvgIpc) is 3.23. The lowest BCUT2D eigenvalue weighted by Gasteiger charge is -2.27. The van der Waals surface area contributed by atoms with Gasteiger partial charge in [-0.15, -0.1) is 0 Å². The Morgan fingerprint density at radius 2 is 2.12 bits per heavy atom. The lowest BCUT2D eigenvalue weighted by molar-refractivity contribution is 0.122. The van der Waals surface area contributed by atoms with Crippen LogP contribution in [0.1, 0.15) is 12.1 Å². The van der Waals surface area contributed by atoms with Gasteiger partial charge in [-0.25, -0.2) is 9.97 Å². The van der Waals surface area contributed by atoms with Crippen LogP contribution in [-0.2, 0) is 11.3 Å². The number of halogens is 1. The minimum atomic E-state index is -0.335. The molecule has 1 saturated heterocycles. The zero-order valence-electron chi connectivity index (χ0n) is 14.2. The third kappa shape index (κ3) is 2.97. The summed E-state index contributed by atoms with van der Waals surface area (Å²) in [6.45, 7) is 5.27. The third-order valence-corrected chi connectivity index (χ3v) is 4.44. The Balaban J connectivity index is 1.75. The van der Waals surface area contributed by atoms with E-state index < -0.39 is 0 Å². The Bertz CT molecular complexity index is 867. The number of imidazole rings is 1. The zero-order chi connectivity index (χ0) is 17.2. The molecule has 4 rings (SSSR count). The van der Waals surface area contributed by atoms with Crippen molar-refractivity contribution >= 4 is 11.5 Å². The van der Waals surface area contributed by atoms with Crippen molar-refractivity contribution in [3.63, 3.8) is 0 Å². The standard InChI is InChI=1S/C17H21FN6O/c1-13-15(14-11-20-23(12-14)5-2-3-18)24-6-4-19-16(17(24)21-13)22-7-9-25-10-8-22/h4,6,11-12H,2-3,5,7-10H2,1H3. The van der Waals surface area contributed by atoms with Gasteiger partial charge in [0.1, 0.15) is 0 Å². The van der Waals surface area contributed by atoms with Gasteiger partial charge in [-0.05, 0) is 13.3 Å². The summed E-state index contributed by atoms with van der Waals surface area (Å²) in [7, 11) is 0. The number of hydrogen-bond acceptors (Lipinski definition) is 5. The highest BCUT2D eigenvalue weighted by molar-refractivity contribution is 5.73. The van der Waals surface area contributed by atoms with Gasteiger partial charge in [0.05, 0.1) is 37.5 Å². The quantitative estimate of drug-likeness (QED) is 0.709. The molecule has 7 nitrogen and oxygen atoms in total. The maximum absolute atomic E-state index is 12.4. The molecule has 132 valence electrons. The predicted molar refractivity (Wildman–Crippen MR) is 92.6 cm³/mol. The van der Waals surface area contributed by atoms with Crippen molar-refractivity contribution in [2.24, 2.45) is 0 Å². The third-order valence-electron chi connectivity index (χ3n) is 4.44. The largest absolute Gasteiger partial charge is 0.378 e. The Kier molecular flexibility index (Phi) is 4.35. The molecular weight excluding hydrogens is 323 g/mol. The molecule has 0 bridgehead atoms. The van der Waals surface area contributed by atoms with E-state index in [4.69, 9.17) is 9.72 Å². The van der Waals surface area contributed by atoms with Crippen LogP contribution in [0.25, 0.3) is 16.9 Å². The van der Waals surface area contributed by atoms with Crippen LogP contribution in [0.4, 0.5) is 10.2 Å². The fraction of sp³-hybridized carbons (Fsp3) is 0.471. The highest BCUT2D eigenvalue weighted by atomic mass is 19.1. The molecule has 0 unspecified atom stereocenters. The van der Waals surface area contributed by atoms with Crippen LogP contribution in [0.5, 0.6) is 0 Å². The highest BCUT2D eigenvalue weighted by Crippen LogP contribution is 2.28. The predicted octanol–water partition coefficient (Wildman–Crippen LogP) is 2.10. The second-order valence-corrected chi connectivity index (χ2v) is 6.12. The zero-order valence-corrected chi connectivity index (χ0v) is 14.2. The molecule has 0 spiro atoms. The molecule has 0 N–H and O–H groups in total. The molecule has 0 aliphatic carbocycles. The molecule has 0 aromatic carbocycles. The van der Waals surface area contributed by atoms with Gasteiger partial charge in [-0.3, -0.25) is 13.5 Å². The number of anilines is 1. The van der Waals surface area contributed by atoms with Crippen LogP contribution in [0.15, 0.2) is 24.8 Å². The molecule has 8 heteroatoms. The molecule has 1 fully saturated rings. The van der Waals surface area contributed by atoms with Crippen LogP contribution in [0, 0.1) is 6.92 Å². The first-order valence-electron chi connectivity index (χ1n) is 8.53. The molecule has 3 aromatic heterocycles. The first-order chi connectivity index (χ1) is 12.3. The number of aromatic nitrogens is 5. The number of nitrogens with zero attached hydrogens (tertiary/aromatic N) is 6. The summed E-state index contributed by atoms with van der Waals surface area (Å²) < 4.78 is 21.6. The molecule has 0 saturated carbocycles. The monoisotopic (exact) mass is 344 g/mol. The normalized spacial score (nSPS) is 15.2. The van der Waals surface area contributed by atoms with Crippen LogP contribution < -0.4 is 4.90 Å².